The van der Waals surface area contributed by atoms with Gasteiger partial charge in [0.05, 0.1) is 16.6 Å². The molecule has 2 aromatic heterocycles. The fraction of sp³-hybridized carbons (Fsp3) is 0.267. The zero-order valence-electron chi connectivity index (χ0n) is 13.3. The third-order valence-electron chi connectivity index (χ3n) is 3.29. The van der Waals surface area contributed by atoms with Crippen LogP contribution in [0.25, 0.3) is 0 Å². The van der Waals surface area contributed by atoms with Gasteiger partial charge in [0.2, 0.25) is 0 Å². The van der Waals surface area contributed by atoms with Gasteiger partial charge in [-0.15, -0.1) is 11.3 Å². The number of aliphatic hydroxyl groups excluding tert-OH is 1. The van der Waals surface area contributed by atoms with Crippen molar-refractivity contribution in [2.75, 3.05) is 6.54 Å². The molecule has 2 aromatic rings. The van der Waals surface area contributed by atoms with Gasteiger partial charge in [-0.3, -0.25) is 15.1 Å². The summed E-state index contributed by atoms with van der Waals surface area (Å²) < 4.78 is 0. The van der Waals surface area contributed by atoms with Crippen LogP contribution in [0.5, 0.6) is 0 Å². The lowest BCUT2D eigenvalue weighted by molar-refractivity contribution is -0.140. The highest BCUT2D eigenvalue weighted by Gasteiger charge is 2.24. The van der Waals surface area contributed by atoms with Crippen LogP contribution in [-0.2, 0) is 11.3 Å². The van der Waals surface area contributed by atoms with Crippen molar-refractivity contribution in [1.29, 1.82) is 0 Å². The lowest BCUT2D eigenvalue weighted by atomic mass is 10.2. The molecule has 0 aromatic carbocycles. The van der Waals surface area contributed by atoms with Gasteiger partial charge in [-0.2, -0.15) is 0 Å². The first kappa shape index (κ1) is 20.4. The molecule has 0 aliphatic carbocycles. The fourth-order valence-electron chi connectivity index (χ4n) is 2.01. The van der Waals surface area contributed by atoms with Crippen LogP contribution in [0.15, 0.2) is 29.9 Å². The molecule has 0 saturated carbocycles. The van der Waals surface area contributed by atoms with Gasteiger partial charge in [0.25, 0.3) is 0 Å². The number of urea groups is 1. The van der Waals surface area contributed by atoms with E-state index in [1.54, 1.807) is 0 Å². The number of carboxylic acids is 1. The van der Waals surface area contributed by atoms with Gasteiger partial charge in [-0.05, 0) is 11.4 Å². The van der Waals surface area contributed by atoms with Gasteiger partial charge >= 0.3 is 12.0 Å². The van der Waals surface area contributed by atoms with Gasteiger partial charge in [0.1, 0.15) is 12.3 Å². The number of hydrogen-bond donors (Lipinski definition) is 5. The molecule has 26 heavy (non-hydrogen) atoms. The number of rotatable bonds is 8. The molecule has 2 atom stereocenters. The van der Waals surface area contributed by atoms with Crippen molar-refractivity contribution in [3.63, 3.8) is 0 Å². The molecule has 0 radical (unpaired) electrons. The molecular weight excluding hydrogens is 403 g/mol. The summed E-state index contributed by atoms with van der Waals surface area (Å²) in [7, 11) is 0. The number of aliphatic hydroxyl groups is 1. The van der Waals surface area contributed by atoms with E-state index < -0.39 is 24.3 Å². The zero-order chi connectivity index (χ0) is 19.1. The number of carboxylic acid groups (broad SMARTS) is 1. The number of nitrogens with one attached hydrogen (secondary N) is 3. The number of carbonyl (C=O) groups excluding carboxylic acids is 1. The number of aliphatic carboxylic acids is 1. The van der Waals surface area contributed by atoms with Crippen molar-refractivity contribution in [2.24, 2.45) is 0 Å². The highest BCUT2D eigenvalue weighted by molar-refractivity contribution is 7.09. The maximum absolute atomic E-state index is 11.8. The summed E-state index contributed by atoms with van der Waals surface area (Å²) in [6, 6.07) is 1.94. The van der Waals surface area contributed by atoms with Crippen LogP contribution in [0.4, 0.5) is 4.79 Å². The quantitative estimate of drug-likeness (QED) is 0.417. The molecule has 0 spiro atoms. The van der Waals surface area contributed by atoms with E-state index >= 15 is 0 Å². The minimum absolute atomic E-state index is 0.0864. The third kappa shape index (κ3) is 5.82. The Kier molecular flexibility index (Phi) is 7.61. The molecule has 11 heteroatoms. The second-order valence-corrected chi connectivity index (χ2v) is 6.97. The molecule has 5 N–H and O–H groups in total. The number of carbonyl (C=O) groups is 2. The molecule has 140 valence electrons. The van der Waals surface area contributed by atoms with Crippen LogP contribution in [0.2, 0.25) is 10.0 Å². The predicted octanol–water partition coefficient (Wildman–Crippen LogP) is 1.98. The Hall–Kier alpha value is -1.91. The topological polar surface area (TPSA) is 124 Å². The van der Waals surface area contributed by atoms with Crippen molar-refractivity contribution >= 4 is 46.5 Å². The first-order valence-electron chi connectivity index (χ1n) is 7.38. The van der Waals surface area contributed by atoms with E-state index in [0.29, 0.717) is 6.54 Å². The SMILES string of the molecule is O=C(NCc1cccs1)NC[C@H](NC(O)c1c(Cl)cncc1Cl)C(=O)O. The Morgan fingerprint density at radius 1 is 1.23 bits per heavy atom. The van der Waals surface area contributed by atoms with Crippen LogP contribution >= 0.6 is 34.5 Å². The van der Waals surface area contributed by atoms with Crippen molar-refractivity contribution in [2.45, 2.75) is 18.8 Å². The number of halogens is 2. The molecule has 2 rings (SSSR count). The summed E-state index contributed by atoms with van der Waals surface area (Å²) in [5.74, 6) is -1.26. The smallest absolute Gasteiger partial charge is 0.322 e. The van der Waals surface area contributed by atoms with E-state index in [-0.39, 0.29) is 22.2 Å². The van der Waals surface area contributed by atoms with Crippen molar-refractivity contribution in [3.05, 3.63) is 50.4 Å². The van der Waals surface area contributed by atoms with E-state index in [2.05, 4.69) is 20.9 Å². The Balaban J connectivity index is 1.90. The number of hydrogen-bond acceptors (Lipinski definition) is 6. The molecule has 0 fully saturated rings. The molecule has 0 bridgehead atoms. The standard InChI is InChI=1S/C15H16Cl2N4O4S/c16-9-5-18-6-10(17)12(9)13(22)21-11(14(23)24)7-20-15(25)19-4-8-2-1-3-26-8/h1-3,5-6,11,13,21-22H,4,7H2,(H,23,24)(H2,19,20,25)/t11-,13?/m0/s1. The third-order valence-corrected chi connectivity index (χ3v) is 4.77. The number of thiophene rings is 1. The normalized spacial score (nSPS) is 13.0. The molecule has 2 heterocycles. The van der Waals surface area contributed by atoms with Crippen molar-refractivity contribution < 1.29 is 19.8 Å². The summed E-state index contributed by atoms with van der Waals surface area (Å²) in [5, 5.41) is 29.0. The Bertz CT molecular complexity index is 740. The number of nitrogens with zero attached hydrogens (tertiary/aromatic N) is 1. The fourth-order valence-corrected chi connectivity index (χ4v) is 3.23. The highest BCUT2D eigenvalue weighted by atomic mass is 35.5. The first-order valence-corrected chi connectivity index (χ1v) is 9.02. The molecular formula is C15H16Cl2N4O4S. The van der Waals surface area contributed by atoms with Crippen molar-refractivity contribution in [1.82, 2.24) is 20.9 Å². The molecule has 0 aliphatic rings. The predicted molar refractivity (Wildman–Crippen MR) is 98.3 cm³/mol. The number of pyridine rings is 1. The van der Waals surface area contributed by atoms with E-state index in [9.17, 15) is 19.8 Å². The van der Waals surface area contributed by atoms with Crippen LogP contribution in [-0.4, -0.2) is 39.8 Å². The minimum Gasteiger partial charge on any atom is -0.480 e. The Morgan fingerprint density at radius 3 is 2.50 bits per heavy atom. The van der Waals surface area contributed by atoms with Gasteiger partial charge in [0.15, 0.2) is 0 Å². The largest absolute Gasteiger partial charge is 0.480 e. The molecule has 0 saturated heterocycles. The average Bonchev–Trinajstić information content (AvgIpc) is 3.09. The second kappa shape index (κ2) is 9.70. The van der Waals surface area contributed by atoms with Crippen LogP contribution < -0.4 is 16.0 Å². The van der Waals surface area contributed by atoms with E-state index in [1.165, 1.54) is 23.7 Å². The Labute approximate surface area is 163 Å². The highest BCUT2D eigenvalue weighted by Crippen LogP contribution is 2.28. The lowest BCUT2D eigenvalue weighted by Gasteiger charge is -2.21. The maximum atomic E-state index is 11.8. The number of amides is 2. The molecule has 1 unspecified atom stereocenters. The zero-order valence-corrected chi connectivity index (χ0v) is 15.6. The van der Waals surface area contributed by atoms with Crippen molar-refractivity contribution in [3.8, 4) is 0 Å². The van der Waals surface area contributed by atoms with Crippen LogP contribution in [0.3, 0.4) is 0 Å². The van der Waals surface area contributed by atoms with Crippen LogP contribution in [0, 0.1) is 0 Å². The van der Waals surface area contributed by atoms with E-state index in [1.807, 2.05) is 17.5 Å². The summed E-state index contributed by atoms with van der Waals surface area (Å²) in [6.45, 7) is 0.0719. The summed E-state index contributed by atoms with van der Waals surface area (Å²) in [5.41, 5.74) is 0.108. The van der Waals surface area contributed by atoms with E-state index in [0.717, 1.165) is 4.88 Å². The lowest BCUT2D eigenvalue weighted by Crippen LogP contribution is -2.49. The molecule has 8 nitrogen and oxygen atoms in total. The summed E-state index contributed by atoms with van der Waals surface area (Å²) in [6.07, 6.45) is 1.11. The first-order chi connectivity index (χ1) is 12.4. The summed E-state index contributed by atoms with van der Waals surface area (Å²) >= 11 is 13.4. The van der Waals surface area contributed by atoms with Crippen LogP contribution in [0.1, 0.15) is 16.7 Å². The minimum atomic E-state index is -1.45. The monoisotopic (exact) mass is 418 g/mol. The van der Waals surface area contributed by atoms with Gasteiger partial charge in [-0.1, -0.05) is 29.3 Å². The van der Waals surface area contributed by atoms with E-state index in [4.69, 9.17) is 23.2 Å². The maximum Gasteiger partial charge on any atom is 0.322 e. The number of aromatic nitrogens is 1. The molecule has 2 amide bonds. The van der Waals surface area contributed by atoms with Gasteiger partial charge in [-0.25, -0.2) is 4.79 Å². The second-order valence-electron chi connectivity index (χ2n) is 5.12. The van der Waals surface area contributed by atoms with Gasteiger partial charge in [0, 0.05) is 29.4 Å². The summed E-state index contributed by atoms with van der Waals surface area (Å²) in [4.78, 5) is 27.9. The Morgan fingerprint density at radius 2 is 1.92 bits per heavy atom. The average molecular weight is 419 g/mol. The molecule has 0 aliphatic heterocycles. The van der Waals surface area contributed by atoms with Gasteiger partial charge < -0.3 is 20.8 Å².